The van der Waals surface area contributed by atoms with Crippen molar-refractivity contribution < 1.29 is 19.1 Å². The van der Waals surface area contributed by atoms with Crippen molar-refractivity contribution in [1.29, 1.82) is 0 Å². The Labute approximate surface area is 167 Å². The lowest BCUT2D eigenvalue weighted by atomic mass is 9.67. The van der Waals surface area contributed by atoms with Crippen LogP contribution in [0.2, 0.25) is 0 Å². The summed E-state index contributed by atoms with van der Waals surface area (Å²) in [6.45, 7) is 7.29. The van der Waals surface area contributed by atoms with Gasteiger partial charge in [0.05, 0.1) is 5.56 Å². The quantitative estimate of drug-likeness (QED) is 0.752. The summed E-state index contributed by atoms with van der Waals surface area (Å²) < 4.78 is 12.8. The molecule has 7 nitrogen and oxygen atoms in total. The highest BCUT2D eigenvalue weighted by Crippen LogP contribution is 2.44. The lowest BCUT2D eigenvalue weighted by Crippen LogP contribution is -2.61. The minimum atomic E-state index is -0.561. The van der Waals surface area contributed by atoms with Gasteiger partial charge in [0, 0.05) is 56.8 Å². The number of hydrogen-bond donors (Lipinski definition) is 1. The van der Waals surface area contributed by atoms with Gasteiger partial charge in [0.1, 0.15) is 6.04 Å². The first-order valence-corrected chi connectivity index (χ1v) is 10.2. The summed E-state index contributed by atoms with van der Waals surface area (Å²) in [5.74, 6) is -0.482. The summed E-state index contributed by atoms with van der Waals surface area (Å²) in [7, 11) is 1.69. The van der Waals surface area contributed by atoms with E-state index in [1.54, 1.807) is 12.0 Å². The van der Waals surface area contributed by atoms with Crippen LogP contribution in [0.25, 0.3) is 0 Å². The Kier molecular flexibility index (Phi) is 6.45. The second-order valence-corrected chi connectivity index (χ2v) is 8.16. The van der Waals surface area contributed by atoms with Gasteiger partial charge in [0.15, 0.2) is 0 Å². The van der Waals surface area contributed by atoms with E-state index in [2.05, 4.69) is 4.57 Å². The number of piperidine rings is 1. The maximum atomic E-state index is 13.5. The SMILES string of the molecule is COCCCn1c(C)cc(C(=O)N2CCCC3(CCOCC3)C2C(N)=O)c1C. The number of primary amides is 1. The molecule has 1 atom stereocenters. The highest BCUT2D eigenvalue weighted by molar-refractivity contribution is 5.99. The smallest absolute Gasteiger partial charge is 0.256 e. The second kappa shape index (κ2) is 8.66. The van der Waals surface area contributed by atoms with Crippen molar-refractivity contribution >= 4 is 11.8 Å². The molecule has 0 bridgehead atoms. The Hall–Kier alpha value is -1.86. The van der Waals surface area contributed by atoms with Crippen LogP contribution in [-0.2, 0) is 20.8 Å². The predicted octanol–water partition coefficient (Wildman–Crippen LogP) is 2.03. The van der Waals surface area contributed by atoms with Gasteiger partial charge in [0.2, 0.25) is 5.91 Å². The van der Waals surface area contributed by atoms with Crippen LogP contribution in [0.3, 0.4) is 0 Å². The highest BCUT2D eigenvalue weighted by Gasteiger charge is 2.50. The first-order chi connectivity index (χ1) is 13.4. The first kappa shape index (κ1) is 20.9. The van der Waals surface area contributed by atoms with Crippen LogP contribution in [0, 0.1) is 19.3 Å². The van der Waals surface area contributed by atoms with Crippen molar-refractivity contribution in [2.45, 2.75) is 58.5 Å². The van der Waals surface area contributed by atoms with Crippen molar-refractivity contribution in [2.75, 3.05) is 33.5 Å². The first-order valence-electron chi connectivity index (χ1n) is 10.2. The van der Waals surface area contributed by atoms with E-state index in [0.29, 0.717) is 31.9 Å². The molecule has 0 aromatic carbocycles. The number of rotatable bonds is 6. The van der Waals surface area contributed by atoms with E-state index in [9.17, 15) is 9.59 Å². The lowest BCUT2D eigenvalue weighted by Gasteiger charge is -2.50. The van der Waals surface area contributed by atoms with E-state index in [1.807, 2.05) is 19.9 Å². The Morgan fingerprint density at radius 2 is 2.00 bits per heavy atom. The van der Waals surface area contributed by atoms with Crippen LogP contribution in [-0.4, -0.2) is 60.8 Å². The molecule has 2 saturated heterocycles. The summed E-state index contributed by atoms with van der Waals surface area (Å²) in [5.41, 5.74) is 8.25. The molecular weight excluding hydrogens is 358 g/mol. The normalized spacial score (nSPS) is 21.8. The molecule has 2 aliphatic heterocycles. The van der Waals surface area contributed by atoms with Gasteiger partial charge in [0.25, 0.3) is 5.91 Å². The van der Waals surface area contributed by atoms with Crippen LogP contribution in [0.1, 0.15) is 53.8 Å². The zero-order chi connectivity index (χ0) is 20.3. The van der Waals surface area contributed by atoms with E-state index >= 15 is 0 Å². The average molecular weight is 392 g/mol. The Balaban J connectivity index is 1.88. The Morgan fingerprint density at radius 3 is 2.64 bits per heavy atom. The minimum absolute atomic E-state index is 0.0829. The molecule has 28 heavy (non-hydrogen) atoms. The number of hydrogen-bond acceptors (Lipinski definition) is 4. The molecule has 1 aromatic heterocycles. The van der Waals surface area contributed by atoms with Gasteiger partial charge in [-0.05, 0) is 52.0 Å². The van der Waals surface area contributed by atoms with E-state index in [1.165, 1.54) is 0 Å². The standard InChI is InChI=1S/C21H33N3O4/c1-15-14-17(16(2)23(15)10-5-11-27-3)20(26)24-9-4-6-21(18(24)19(22)25)7-12-28-13-8-21/h14,18H,4-13H2,1-3H3,(H2,22,25). The zero-order valence-electron chi connectivity index (χ0n) is 17.3. The van der Waals surface area contributed by atoms with Crippen LogP contribution in [0.4, 0.5) is 0 Å². The molecule has 156 valence electrons. The number of methoxy groups -OCH3 is 1. The van der Waals surface area contributed by atoms with Gasteiger partial charge in [-0.2, -0.15) is 0 Å². The molecule has 2 N–H and O–H groups in total. The summed E-state index contributed by atoms with van der Waals surface area (Å²) >= 11 is 0. The summed E-state index contributed by atoms with van der Waals surface area (Å²) in [4.78, 5) is 27.7. The zero-order valence-corrected chi connectivity index (χ0v) is 17.3. The van der Waals surface area contributed by atoms with Crippen LogP contribution >= 0.6 is 0 Å². The third-order valence-corrected chi connectivity index (χ3v) is 6.52. The minimum Gasteiger partial charge on any atom is -0.385 e. The highest BCUT2D eigenvalue weighted by atomic mass is 16.5. The number of ether oxygens (including phenoxy) is 2. The molecule has 0 radical (unpaired) electrons. The van der Waals surface area contributed by atoms with Crippen LogP contribution in [0.15, 0.2) is 6.07 Å². The summed E-state index contributed by atoms with van der Waals surface area (Å²) in [6, 6.07) is 1.38. The third-order valence-electron chi connectivity index (χ3n) is 6.52. The predicted molar refractivity (Wildman–Crippen MR) is 106 cm³/mol. The lowest BCUT2D eigenvalue weighted by molar-refractivity contribution is -0.134. The number of amides is 2. The molecule has 3 heterocycles. The molecule has 1 spiro atoms. The Bertz CT molecular complexity index is 716. The number of carbonyl (C=O) groups excluding carboxylic acids is 2. The molecule has 0 aliphatic carbocycles. The number of carbonyl (C=O) groups is 2. The number of nitrogens with zero attached hydrogens (tertiary/aromatic N) is 2. The van der Waals surface area contributed by atoms with Gasteiger partial charge < -0.3 is 24.7 Å². The number of aryl methyl sites for hydroxylation is 1. The fourth-order valence-corrected chi connectivity index (χ4v) is 5.06. The second-order valence-electron chi connectivity index (χ2n) is 8.16. The largest absolute Gasteiger partial charge is 0.385 e. The van der Waals surface area contributed by atoms with E-state index in [-0.39, 0.29) is 11.3 Å². The van der Waals surface area contributed by atoms with Crippen LogP contribution in [0.5, 0.6) is 0 Å². The molecule has 2 fully saturated rings. The Morgan fingerprint density at radius 1 is 1.29 bits per heavy atom. The van der Waals surface area contributed by atoms with Crippen molar-refractivity contribution in [2.24, 2.45) is 11.1 Å². The van der Waals surface area contributed by atoms with E-state index in [4.69, 9.17) is 15.2 Å². The number of nitrogens with two attached hydrogens (primary N) is 1. The summed E-state index contributed by atoms with van der Waals surface area (Å²) in [6.07, 6.45) is 4.25. The van der Waals surface area contributed by atoms with Crippen molar-refractivity contribution in [3.63, 3.8) is 0 Å². The summed E-state index contributed by atoms with van der Waals surface area (Å²) in [5, 5.41) is 0. The molecule has 2 aliphatic rings. The molecule has 2 amide bonds. The maximum Gasteiger partial charge on any atom is 0.256 e. The molecule has 3 rings (SSSR count). The molecule has 0 saturated carbocycles. The fraction of sp³-hybridized carbons (Fsp3) is 0.714. The van der Waals surface area contributed by atoms with Crippen molar-refractivity contribution in [3.05, 3.63) is 23.0 Å². The van der Waals surface area contributed by atoms with Gasteiger partial charge >= 0.3 is 0 Å². The van der Waals surface area contributed by atoms with Crippen molar-refractivity contribution in [3.8, 4) is 0 Å². The monoisotopic (exact) mass is 391 g/mol. The third kappa shape index (κ3) is 3.82. The molecule has 1 unspecified atom stereocenters. The number of aromatic nitrogens is 1. The van der Waals surface area contributed by atoms with Crippen LogP contribution < -0.4 is 5.73 Å². The number of likely N-dealkylation sites (tertiary alicyclic amines) is 1. The molecule has 7 heteroatoms. The average Bonchev–Trinajstić information content (AvgIpc) is 2.96. The van der Waals surface area contributed by atoms with Gasteiger partial charge in [-0.15, -0.1) is 0 Å². The molecular formula is C21H33N3O4. The van der Waals surface area contributed by atoms with Gasteiger partial charge in [-0.25, -0.2) is 0 Å². The van der Waals surface area contributed by atoms with Gasteiger partial charge in [-0.3, -0.25) is 9.59 Å². The van der Waals surface area contributed by atoms with E-state index < -0.39 is 11.9 Å². The topological polar surface area (TPSA) is 86.8 Å². The van der Waals surface area contributed by atoms with E-state index in [0.717, 1.165) is 50.0 Å². The fourth-order valence-electron chi connectivity index (χ4n) is 5.06. The van der Waals surface area contributed by atoms with Gasteiger partial charge in [-0.1, -0.05) is 0 Å². The maximum absolute atomic E-state index is 13.5. The van der Waals surface area contributed by atoms with Crippen molar-refractivity contribution in [1.82, 2.24) is 9.47 Å². The molecule has 1 aromatic rings.